The van der Waals surface area contributed by atoms with Crippen LogP contribution in [0, 0.1) is 18.7 Å². The number of benzene rings is 1. The molecule has 0 fully saturated rings. The van der Waals surface area contributed by atoms with Crippen LogP contribution in [0.3, 0.4) is 0 Å². The van der Waals surface area contributed by atoms with E-state index in [1.807, 2.05) is 13.8 Å². The number of halogens is 1. The zero-order valence-electron chi connectivity index (χ0n) is 12.8. The van der Waals surface area contributed by atoms with Crippen molar-refractivity contribution in [2.75, 3.05) is 0 Å². The van der Waals surface area contributed by atoms with Gasteiger partial charge in [0.25, 0.3) is 0 Å². The number of nitrogens with zero attached hydrogens (tertiary/aromatic N) is 2. The van der Waals surface area contributed by atoms with Gasteiger partial charge in [-0.2, -0.15) is 4.98 Å². The molecule has 2 aromatic rings. The number of aromatic nitrogens is 2. The third kappa shape index (κ3) is 3.67. The smallest absolute Gasteiger partial charge is 0.246 e. The minimum Gasteiger partial charge on any atom is -0.346 e. The molecule has 0 saturated carbocycles. The van der Waals surface area contributed by atoms with Crippen LogP contribution in [0.5, 0.6) is 0 Å². The molecule has 0 unspecified atom stereocenters. The van der Waals surface area contributed by atoms with E-state index in [9.17, 15) is 9.18 Å². The van der Waals surface area contributed by atoms with E-state index < -0.39 is 6.04 Å². The summed E-state index contributed by atoms with van der Waals surface area (Å²) >= 11 is 0. The van der Waals surface area contributed by atoms with Crippen molar-refractivity contribution in [3.63, 3.8) is 0 Å². The molecule has 1 aromatic carbocycles. The minimum atomic E-state index is -0.581. The topological polar surface area (TPSA) is 94.0 Å². The molecule has 0 aliphatic rings. The van der Waals surface area contributed by atoms with Gasteiger partial charge >= 0.3 is 0 Å². The summed E-state index contributed by atoms with van der Waals surface area (Å²) in [5, 5.41) is 6.47. The van der Waals surface area contributed by atoms with Gasteiger partial charge in [-0.15, -0.1) is 0 Å². The zero-order chi connectivity index (χ0) is 16.3. The van der Waals surface area contributed by atoms with Crippen LogP contribution in [0.2, 0.25) is 0 Å². The first-order valence-corrected chi connectivity index (χ1v) is 7.01. The highest BCUT2D eigenvalue weighted by Gasteiger charge is 2.18. The highest BCUT2D eigenvalue weighted by molar-refractivity contribution is 5.81. The first-order chi connectivity index (χ1) is 10.4. The average Bonchev–Trinajstić information content (AvgIpc) is 2.95. The maximum atomic E-state index is 13.2. The van der Waals surface area contributed by atoms with E-state index in [0.29, 0.717) is 17.0 Å². The maximum absolute atomic E-state index is 13.2. The molecule has 0 aliphatic heterocycles. The van der Waals surface area contributed by atoms with Crippen molar-refractivity contribution in [3.05, 3.63) is 35.5 Å². The molecule has 1 amide bonds. The zero-order valence-corrected chi connectivity index (χ0v) is 12.8. The summed E-state index contributed by atoms with van der Waals surface area (Å²) in [6, 6.07) is 3.98. The fourth-order valence-electron chi connectivity index (χ4n) is 1.81. The van der Waals surface area contributed by atoms with E-state index in [2.05, 4.69) is 15.5 Å². The van der Waals surface area contributed by atoms with Crippen LogP contribution in [0.15, 0.2) is 22.7 Å². The Labute approximate surface area is 127 Å². The Hall–Kier alpha value is -2.28. The van der Waals surface area contributed by atoms with Crippen LogP contribution in [0.1, 0.15) is 25.3 Å². The quantitative estimate of drug-likeness (QED) is 0.878. The lowest BCUT2D eigenvalue weighted by atomic mass is 10.1. The van der Waals surface area contributed by atoms with Crippen LogP contribution >= 0.6 is 0 Å². The molecule has 6 nitrogen and oxygen atoms in total. The molecular weight excluding hydrogens is 287 g/mol. The van der Waals surface area contributed by atoms with Gasteiger partial charge in [-0.05, 0) is 36.6 Å². The molecule has 7 heteroatoms. The number of carbonyl (C=O) groups excluding carboxylic acids is 1. The highest BCUT2D eigenvalue weighted by atomic mass is 19.1. The van der Waals surface area contributed by atoms with Crippen LogP contribution in [0.4, 0.5) is 4.39 Å². The molecule has 0 bridgehead atoms. The Morgan fingerprint density at radius 1 is 1.45 bits per heavy atom. The van der Waals surface area contributed by atoms with Crippen molar-refractivity contribution in [2.24, 2.45) is 11.7 Å². The Kier molecular flexibility index (Phi) is 4.87. The molecule has 1 aromatic heterocycles. The fraction of sp³-hybridized carbons (Fsp3) is 0.400. The molecule has 0 saturated heterocycles. The summed E-state index contributed by atoms with van der Waals surface area (Å²) in [5.74, 6) is 0.0945. The van der Waals surface area contributed by atoms with Crippen molar-refractivity contribution in [3.8, 4) is 11.4 Å². The third-order valence-corrected chi connectivity index (χ3v) is 3.32. The molecule has 1 heterocycles. The Morgan fingerprint density at radius 2 is 2.18 bits per heavy atom. The van der Waals surface area contributed by atoms with Crippen molar-refractivity contribution in [1.29, 1.82) is 0 Å². The Morgan fingerprint density at radius 3 is 2.82 bits per heavy atom. The van der Waals surface area contributed by atoms with Crippen LogP contribution in [-0.4, -0.2) is 22.1 Å². The van der Waals surface area contributed by atoms with Gasteiger partial charge in [-0.3, -0.25) is 4.79 Å². The second kappa shape index (κ2) is 6.65. The number of amides is 1. The van der Waals surface area contributed by atoms with Crippen molar-refractivity contribution < 1.29 is 13.7 Å². The number of nitrogens with one attached hydrogen (secondary N) is 1. The first kappa shape index (κ1) is 16.1. The lowest BCUT2D eigenvalue weighted by Crippen LogP contribution is -2.43. The summed E-state index contributed by atoms with van der Waals surface area (Å²) in [5.41, 5.74) is 6.89. The molecule has 2 rings (SSSR count). The first-order valence-electron chi connectivity index (χ1n) is 7.01. The lowest BCUT2D eigenvalue weighted by Gasteiger charge is -2.14. The SMILES string of the molecule is Cc1cc(-c2noc(CNC(=O)[C@@H](N)C(C)C)n2)ccc1F. The maximum Gasteiger partial charge on any atom is 0.246 e. The van der Waals surface area contributed by atoms with E-state index in [4.69, 9.17) is 10.3 Å². The second-order valence-corrected chi connectivity index (χ2v) is 5.46. The third-order valence-electron chi connectivity index (χ3n) is 3.32. The number of hydrogen-bond donors (Lipinski definition) is 2. The van der Waals surface area contributed by atoms with E-state index >= 15 is 0 Å². The Balaban J connectivity index is 2.02. The van der Waals surface area contributed by atoms with E-state index in [0.717, 1.165) is 0 Å². The predicted octanol–water partition coefficient (Wildman–Crippen LogP) is 1.78. The van der Waals surface area contributed by atoms with Gasteiger partial charge in [0.1, 0.15) is 5.82 Å². The molecule has 3 N–H and O–H groups in total. The molecule has 0 spiro atoms. The molecule has 0 radical (unpaired) electrons. The molecular formula is C15H19FN4O2. The average molecular weight is 306 g/mol. The monoisotopic (exact) mass is 306 g/mol. The standard InChI is InChI=1S/C15H19FN4O2/c1-8(2)13(17)15(21)18-7-12-19-14(20-22-12)10-4-5-11(16)9(3)6-10/h4-6,8,13H,7,17H2,1-3H3,(H,18,21)/t13-/m0/s1. The molecule has 118 valence electrons. The summed E-state index contributed by atoms with van der Waals surface area (Å²) < 4.78 is 18.3. The molecule has 1 atom stereocenters. The van der Waals surface area contributed by atoms with Crippen molar-refractivity contribution in [2.45, 2.75) is 33.4 Å². The minimum absolute atomic E-state index is 0.0421. The van der Waals surface area contributed by atoms with E-state index in [1.54, 1.807) is 19.1 Å². The number of aryl methyl sites for hydroxylation is 1. The van der Waals surface area contributed by atoms with E-state index in [1.165, 1.54) is 6.07 Å². The summed E-state index contributed by atoms with van der Waals surface area (Å²) in [6.45, 7) is 5.50. The second-order valence-electron chi connectivity index (χ2n) is 5.46. The van der Waals surface area contributed by atoms with Gasteiger partial charge in [0, 0.05) is 5.56 Å². The van der Waals surface area contributed by atoms with Gasteiger partial charge in [0.2, 0.25) is 17.6 Å². The van der Waals surface area contributed by atoms with Gasteiger partial charge < -0.3 is 15.6 Å². The highest BCUT2D eigenvalue weighted by Crippen LogP contribution is 2.19. The van der Waals surface area contributed by atoms with E-state index in [-0.39, 0.29) is 30.1 Å². The molecule has 22 heavy (non-hydrogen) atoms. The van der Waals surface area contributed by atoms with Crippen LogP contribution in [0.25, 0.3) is 11.4 Å². The number of hydrogen-bond acceptors (Lipinski definition) is 5. The fourth-order valence-corrected chi connectivity index (χ4v) is 1.81. The van der Waals surface area contributed by atoms with Crippen LogP contribution < -0.4 is 11.1 Å². The summed E-state index contributed by atoms with van der Waals surface area (Å²) in [4.78, 5) is 15.9. The lowest BCUT2D eigenvalue weighted by molar-refractivity contribution is -0.123. The van der Waals surface area contributed by atoms with Gasteiger partial charge in [-0.25, -0.2) is 4.39 Å². The predicted molar refractivity (Wildman–Crippen MR) is 79.1 cm³/mol. The van der Waals surface area contributed by atoms with Gasteiger partial charge in [0.05, 0.1) is 12.6 Å². The number of nitrogens with two attached hydrogens (primary N) is 1. The molecule has 0 aliphatic carbocycles. The Bertz CT molecular complexity index is 669. The van der Waals surface area contributed by atoms with Gasteiger partial charge in [0.15, 0.2) is 0 Å². The summed E-state index contributed by atoms with van der Waals surface area (Å²) in [6.07, 6.45) is 0. The number of carbonyl (C=O) groups is 1. The summed E-state index contributed by atoms with van der Waals surface area (Å²) in [7, 11) is 0. The largest absolute Gasteiger partial charge is 0.346 e. The van der Waals surface area contributed by atoms with Gasteiger partial charge in [-0.1, -0.05) is 19.0 Å². The normalized spacial score (nSPS) is 12.5. The van der Waals surface area contributed by atoms with Crippen molar-refractivity contribution >= 4 is 5.91 Å². The number of rotatable bonds is 5. The van der Waals surface area contributed by atoms with Crippen molar-refractivity contribution in [1.82, 2.24) is 15.5 Å². The van der Waals surface area contributed by atoms with Crippen LogP contribution in [-0.2, 0) is 11.3 Å².